The molecule has 66 valence electrons. The van der Waals surface area contributed by atoms with Crippen molar-refractivity contribution < 1.29 is 1.37 Å². The predicted octanol–water partition coefficient (Wildman–Crippen LogP) is 3.86. The number of hydrogen-bond acceptors (Lipinski definition) is 0. The van der Waals surface area contributed by atoms with Gasteiger partial charge in [0.25, 0.3) is 0 Å². The smallest absolute Gasteiger partial charge is 0.0308 e. The summed E-state index contributed by atoms with van der Waals surface area (Å²) in [6.45, 7) is 8.92. The molecule has 0 aliphatic heterocycles. The first kappa shape index (κ1) is 7.64. The molecule has 0 unspecified atom stereocenters. The highest BCUT2D eigenvalue weighted by Crippen LogP contribution is 2.39. The summed E-state index contributed by atoms with van der Waals surface area (Å²) in [6.07, 6.45) is 4.69. The summed E-state index contributed by atoms with van der Waals surface area (Å²) in [5.41, 5.74) is 0.160. The summed E-state index contributed by atoms with van der Waals surface area (Å²) in [5.74, 6) is 0.699. The van der Waals surface area contributed by atoms with Gasteiger partial charge in [-0.2, -0.15) is 0 Å². The van der Waals surface area contributed by atoms with Gasteiger partial charge in [0.15, 0.2) is 0 Å². The van der Waals surface area contributed by atoms with Crippen molar-refractivity contribution in [2.75, 3.05) is 0 Å². The van der Waals surface area contributed by atoms with Gasteiger partial charge >= 0.3 is 0 Å². The van der Waals surface area contributed by atoms with Gasteiger partial charge in [-0.1, -0.05) is 40.5 Å². The van der Waals surface area contributed by atoms with Crippen molar-refractivity contribution in [2.45, 2.75) is 53.4 Å². The van der Waals surface area contributed by atoms with Crippen molar-refractivity contribution in [1.82, 2.24) is 0 Å². The number of hydrogen-bond donors (Lipinski definition) is 0. The SMILES string of the molecule is [2H]C1(C(C)(C)C)CCC(C)CC1. The Bertz CT molecular complexity index is 147. The Morgan fingerprint density at radius 3 is 1.91 bits per heavy atom. The lowest BCUT2D eigenvalue weighted by Crippen LogP contribution is -2.24. The fourth-order valence-electron chi connectivity index (χ4n) is 1.86. The summed E-state index contributed by atoms with van der Waals surface area (Å²) >= 11 is 0. The summed E-state index contributed by atoms with van der Waals surface area (Å²) in [7, 11) is 0. The molecule has 0 heterocycles. The van der Waals surface area contributed by atoms with E-state index in [0.29, 0.717) is 0 Å². The van der Waals surface area contributed by atoms with Gasteiger partial charge in [-0.3, -0.25) is 0 Å². The molecule has 0 atom stereocenters. The van der Waals surface area contributed by atoms with Crippen LogP contribution in [0.4, 0.5) is 0 Å². The van der Waals surface area contributed by atoms with Gasteiger partial charge in [-0.25, -0.2) is 0 Å². The molecule has 0 aromatic rings. The summed E-state index contributed by atoms with van der Waals surface area (Å²) in [6, 6.07) is 0. The minimum atomic E-state index is -0.153. The average Bonchev–Trinajstić information content (AvgIpc) is 1.93. The minimum Gasteiger partial charge on any atom is -0.0625 e. The highest BCUT2D eigenvalue weighted by molar-refractivity contribution is 4.78. The first-order valence-electron chi connectivity index (χ1n) is 5.35. The lowest BCUT2D eigenvalue weighted by molar-refractivity contribution is 0.155. The topological polar surface area (TPSA) is 0 Å². The first-order chi connectivity index (χ1) is 5.35. The van der Waals surface area contributed by atoms with Crippen molar-refractivity contribution in [2.24, 2.45) is 17.2 Å². The zero-order valence-corrected chi connectivity index (χ0v) is 8.41. The van der Waals surface area contributed by atoms with Crippen LogP contribution in [0.25, 0.3) is 0 Å². The van der Waals surface area contributed by atoms with Gasteiger partial charge < -0.3 is 0 Å². The molecule has 1 saturated carbocycles. The van der Waals surface area contributed by atoms with E-state index < -0.39 is 0 Å². The molecule has 0 heteroatoms. The van der Waals surface area contributed by atoms with Crippen LogP contribution in [0, 0.1) is 17.2 Å². The third-order valence-corrected chi connectivity index (χ3v) is 2.94. The first-order valence-corrected chi connectivity index (χ1v) is 4.85. The van der Waals surface area contributed by atoms with Crippen LogP contribution in [0.2, 0.25) is 0 Å². The molecular weight excluding hydrogens is 132 g/mol. The van der Waals surface area contributed by atoms with Crippen LogP contribution in [0.1, 0.15) is 54.7 Å². The van der Waals surface area contributed by atoms with E-state index in [1.807, 2.05) is 0 Å². The summed E-state index contributed by atoms with van der Waals surface area (Å²) in [4.78, 5) is 0. The van der Waals surface area contributed by atoms with Crippen LogP contribution in [0.5, 0.6) is 0 Å². The van der Waals surface area contributed by atoms with Gasteiger partial charge in [0.05, 0.1) is 0 Å². The van der Waals surface area contributed by atoms with Crippen LogP contribution in [-0.4, -0.2) is 0 Å². The van der Waals surface area contributed by atoms with Crippen molar-refractivity contribution in [3.63, 3.8) is 0 Å². The molecule has 1 aliphatic rings. The zero-order valence-electron chi connectivity index (χ0n) is 9.41. The van der Waals surface area contributed by atoms with E-state index in [1.165, 1.54) is 12.8 Å². The Morgan fingerprint density at radius 1 is 1.09 bits per heavy atom. The highest BCUT2D eigenvalue weighted by Gasteiger charge is 2.27. The van der Waals surface area contributed by atoms with Crippen LogP contribution < -0.4 is 0 Å². The van der Waals surface area contributed by atoms with Gasteiger partial charge in [-0.05, 0) is 30.1 Å². The van der Waals surface area contributed by atoms with Crippen molar-refractivity contribution in [3.8, 4) is 0 Å². The van der Waals surface area contributed by atoms with Crippen LogP contribution in [0.3, 0.4) is 0 Å². The highest BCUT2D eigenvalue weighted by atomic mass is 14.3. The van der Waals surface area contributed by atoms with Gasteiger partial charge in [-0.15, -0.1) is 0 Å². The Labute approximate surface area is 72.8 Å². The molecule has 1 aliphatic carbocycles. The molecule has 0 saturated heterocycles. The summed E-state index contributed by atoms with van der Waals surface area (Å²) < 4.78 is 8.36. The molecular formula is C11H22. The molecule has 0 bridgehead atoms. The van der Waals surface area contributed by atoms with Crippen molar-refractivity contribution in [3.05, 3.63) is 0 Å². The molecule has 0 radical (unpaired) electrons. The minimum absolute atomic E-state index is 0.153. The molecule has 0 N–H and O–H groups in total. The quantitative estimate of drug-likeness (QED) is 0.498. The monoisotopic (exact) mass is 155 g/mol. The van der Waals surface area contributed by atoms with E-state index >= 15 is 0 Å². The van der Waals surface area contributed by atoms with E-state index in [-0.39, 0.29) is 11.3 Å². The molecule has 11 heavy (non-hydrogen) atoms. The van der Waals surface area contributed by atoms with Gasteiger partial charge in [0.1, 0.15) is 0 Å². The second-order valence-electron chi connectivity index (χ2n) is 5.04. The Morgan fingerprint density at radius 2 is 1.55 bits per heavy atom. The Balaban J connectivity index is 2.62. The lowest BCUT2D eigenvalue weighted by Gasteiger charge is -2.35. The van der Waals surface area contributed by atoms with Crippen LogP contribution in [0.15, 0.2) is 0 Å². The molecule has 1 fully saturated rings. The molecule has 1 rings (SSSR count). The van der Waals surface area contributed by atoms with E-state index in [2.05, 4.69) is 27.7 Å². The van der Waals surface area contributed by atoms with Crippen LogP contribution >= 0.6 is 0 Å². The molecule has 0 nitrogen and oxygen atoms in total. The maximum absolute atomic E-state index is 8.36. The maximum Gasteiger partial charge on any atom is 0.0308 e. The fourth-order valence-corrected chi connectivity index (χ4v) is 1.86. The van der Waals surface area contributed by atoms with Crippen molar-refractivity contribution >= 4 is 0 Å². The van der Waals surface area contributed by atoms with E-state index in [4.69, 9.17) is 1.37 Å². The van der Waals surface area contributed by atoms with E-state index in [0.717, 1.165) is 18.8 Å². The molecule has 0 spiro atoms. The standard InChI is InChI=1S/C11H22/c1-9-5-7-10(8-6-9)11(2,3)4/h9-10H,5-8H2,1-4H3/i10D. The lowest BCUT2D eigenvalue weighted by atomic mass is 9.70. The number of rotatable bonds is 0. The fraction of sp³-hybridized carbons (Fsp3) is 1.00. The normalized spacial score (nSPS) is 41.8. The molecule has 0 aromatic heterocycles. The third kappa shape index (κ3) is 2.50. The van der Waals surface area contributed by atoms with Gasteiger partial charge in [0, 0.05) is 1.37 Å². The Hall–Kier alpha value is 0. The third-order valence-electron chi connectivity index (χ3n) is 2.94. The predicted molar refractivity (Wildman–Crippen MR) is 50.6 cm³/mol. The second-order valence-corrected chi connectivity index (χ2v) is 5.04. The average molecular weight is 155 g/mol. The maximum atomic E-state index is 8.36. The van der Waals surface area contributed by atoms with E-state index in [1.54, 1.807) is 0 Å². The van der Waals surface area contributed by atoms with Crippen LogP contribution in [-0.2, 0) is 0 Å². The second kappa shape index (κ2) is 3.16. The van der Waals surface area contributed by atoms with Crippen molar-refractivity contribution in [1.29, 1.82) is 0 Å². The van der Waals surface area contributed by atoms with Gasteiger partial charge in [0.2, 0.25) is 0 Å². The molecule has 0 aromatic carbocycles. The van der Waals surface area contributed by atoms with E-state index in [9.17, 15) is 0 Å². The Kier molecular flexibility index (Phi) is 2.20. The zero-order chi connectivity index (χ0) is 9.41. The summed E-state index contributed by atoms with van der Waals surface area (Å²) in [5, 5.41) is 0. The molecule has 0 amide bonds. The largest absolute Gasteiger partial charge is 0.0625 e.